The molecule has 0 saturated carbocycles. The lowest BCUT2D eigenvalue weighted by Crippen LogP contribution is -2.57. The molecule has 0 radical (unpaired) electrons. The highest BCUT2D eigenvalue weighted by atomic mass is 19.1. The number of anilines is 2. The number of nitrogen functional groups attached to an aromatic ring is 1. The van der Waals surface area contributed by atoms with Crippen molar-refractivity contribution < 1.29 is 32.9 Å². The molecular weight excluding hydrogens is 523 g/mol. The van der Waals surface area contributed by atoms with Gasteiger partial charge in [0.25, 0.3) is 11.8 Å². The highest BCUT2D eigenvalue weighted by Crippen LogP contribution is 2.30. The van der Waals surface area contributed by atoms with Crippen LogP contribution in [-0.2, 0) is 11.3 Å². The van der Waals surface area contributed by atoms with Crippen LogP contribution in [0.5, 0.6) is 23.1 Å². The molecule has 1 fully saturated rings. The van der Waals surface area contributed by atoms with Gasteiger partial charge in [-0.15, -0.1) is 0 Å². The van der Waals surface area contributed by atoms with Gasteiger partial charge in [-0.25, -0.2) is 4.39 Å². The topological polar surface area (TPSA) is 150 Å². The average molecular weight is 553 g/mol. The van der Waals surface area contributed by atoms with E-state index in [1.807, 2.05) is 4.90 Å². The first kappa shape index (κ1) is 26.8. The minimum absolute atomic E-state index is 0.0555. The molecule has 5 rings (SSSR count). The predicted molar refractivity (Wildman–Crippen MR) is 142 cm³/mol. The van der Waals surface area contributed by atoms with Crippen molar-refractivity contribution in [1.82, 2.24) is 20.6 Å². The molecule has 12 nitrogen and oxygen atoms in total. The molecule has 2 atom stereocenters. The second-order valence-corrected chi connectivity index (χ2v) is 9.32. The number of rotatable bonds is 3. The Balaban J connectivity index is 1.49. The number of halogens is 1. The minimum Gasteiger partial charge on any atom is -0.493 e. The maximum atomic E-state index is 14.5. The Hall–Kier alpha value is -4.81. The molecule has 1 aromatic heterocycles. The molecule has 0 aliphatic carbocycles. The molecule has 0 unspecified atom stereocenters. The van der Waals surface area contributed by atoms with E-state index >= 15 is 0 Å². The van der Waals surface area contributed by atoms with Crippen molar-refractivity contribution in [2.24, 2.45) is 0 Å². The summed E-state index contributed by atoms with van der Waals surface area (Å²) in [5.41, 5.74) is 6.68. The quantitative estimate of drug-likeness (QED) is 0.438. The van der Waals surface area contributed by atoms with E-state index in [1.54, 1.807) is 24.3 Å². The molecule has 0 spiro atoms. The van der Waals surface area contributed by atoms with E-state index in [0.717, 1.165) is 0 Å². The zero-order valence-electron chi connectivity index (χ0n) is 22.0. The molecule has 3 heterocycles. The molecule has 13 heteroatoms. The van der Waals surface area contributed by atoms with Crippen LogP contribution in [-0.4, -0.2) is 67.8 Å². The fourth-order valence-corrected chi connectivity index (χ4v) is 4.66. The highest BCUT2D eigenvalue weighted by Gasteiger charge is 2.34. The molecule has 4 N–H and O–H groups in total. The number of hydrogen-bond acceptors (Lipinski definition) is 10. The molecule has 2 aromatic carbocycles. The Labute approximate surface area is 229 Å². The summed E-state index contributed by atoms with van der Waals surface area (Å²) in [5, 5.41) is 5.74. The van der Waals surface area contributed by atoms with Crippen LogP contribution in [0.25, 0.3) is 0 Å². The average Bonchev–Trinajstić information content (AvgIpc) is 2.94. The largest absolute Gasteiger partial charge is 0.493 e. The second-order valence-electron chi connectivity index (χ2n) is 9.32. The summed E-state index contributed by atoms with van der Waals surface area (Å²) in [6.45, 7) is 0.567. The van der Waals surface area contributed by atoms with Crippen LogP contribution in [0.1, 0.15) is 22.3 Å². The number of nitrogens with two attached hydrogens (primary N) is 1. The molecule has 1 saturated heterocycles. The minimum atomic E-state index is -0.533. The normalized spacial score (nSPS) is 19.3. The summed E-state index contributed by atoms with van der Waals surface area (Å²) in [4.78, 5) is 36.1. The van der Waals surface area contributed by atoms with Crippen LogP contribution < -0.4 is 40.2 Å². The molecule has 3 aromatic rings. The summed E-state index contributed by atoms with van der Waals surface area (Å²) in [5.74, 6) is 0.438. The third kappa shape index (κ3) is 6.08. The summed E-state index contributed by atoms with van der Waals surface area (Å²) >= 11 is 0. The zero-order chi connectivity index (χ0) is 28.2. The van der Waals surface area contributed by atoms with Gasteiger partial charge in [-0.05, 0) is 35.9 Å². The first-order valence-corrected chi connectivity index (χ1v) is 12.6. The Bertz CT molecular complexity index is 1420. The number of amides is 2. The Morgan fingerprint density at radius 1 is 1.10 bits per heavy atom. The van der Waals surface area contributed by atoms with Crippen LogP contribution in [0.3, 0.4) is 0 Å². The number of carbonyl (C=O) groups excluding carboxylic acids is 2. The number of benzene rings is 2. The number of aromatic nitrogens is 2. The van der Waals surface area contributed by atoms with E-state index in [-0.39, 0.29) is 30.6 Å². The summed E-state index contributed by atoms with van der Waals surface area (Å²) in [6, 6.07) is 10.1. The van der Waals surface area contributed by atoms with Gasteiger partial charge in [0.2, 0.25) is 11.8 Å². The van der Waals surface area contributed by atoms with Gasteiger partial charge < -0.3 is 40.2 Å². The van der Waals surface area contributed by atoms with E-state index in [2.05, 4.69) is 20.6 Å². The molecule has 40 heavy (non-hydrogen) atoms. The van der Waals surface area contributed by atoms with Gasteiger partial charge in [0.15, 0.2) is 18.1 Å². The van der Waals surface area contributed by atoms with Gasteiger partial charge in [0.05, 0.1) is 20.3 Å². The maximum Gasteiger partial charge on any atom is 0.258 e. The van der Waals surface area contributed by atoms with Gasteiger partial charge in [-0.1, -0.05) is 0 Å². The van der Waals surface area contributed by atoms with E-state index in [9.17, 15) is 14.0 Å². The first-order valence-electron chi connectivity index (χ1n) is 12.6. The van der Waals surface area contributed by atoms with E-state index in [0.29, 0.717) is 48.1 Å². The highest BCUT2D eigenvalue weighted by molar-refractivity contribution is 5.95. The number of hydrogen-bond donors (Lipinski definition) is 3. The van der Waals surface area contributed by atoms with Crippen molar-refractivity contribution >= 4 is 23.6 Å². The monoisotopic (exact) mass is 552 g/mol. The SMILES string of the molecule is COc1cc(N2CC[C@H]3Oc4cc(F)cc(c4)CNC(=O)COc4cc(ccc4OC)C(=O)N[C@H]3C2)nc(N)n1. The number of piperidine rings is 1. The van der Waals surface area contributed by atoms with Crippen molar-refractivity contribution in [3.05, 3.63) is 59.4 Å². The van der Waals surface area contributed by atoms with Gasteiger partial charge in [0.1, 0.15) is 23.5 Å². The van der Waals surface area contributed by atoms with Gasteiger partial charge >= 0.3 is 0 Å². The number of nitrogens with one attached hydrogen (secondary N) is 2. The lowest BCUT2D eigenvalue weighted by atomic mass is 10.0. The molecule has 2 amide bonds. The molecule has 210 valence electrons. The first-order chi connectivity index (χ1) is 19.3. The van der Waals surface area contributed by atoms with E-state index in [4.69, 9.17) is 24.7 Å². The summed E-state index contributed by atoms with van der Waals surface area (Å²) < 4.78 is 37.0. The van der Waals surface area contributed by atoms with Gasteiger partial charge in [-0.3, -0.25) is 9.59 Å². The maximum absolute atomic E-state index is 14.5. The van der Waals surface area contributed by atoms with Crippen molar-refractivity contribution in [2.45, 2.75) is 25.1 Å². The fraction of sp³-hybridized carbons (Fsp3) is 0.333. The zero-order valence-corrected chi connectivity index (χ0v) is 22.0. The second kappa shape index (κ2) is 11.5. The number of fused-ring (bicyclic) bond motifs is 5. The van der Waals surface area contributed by atoms with Gasteiger partial charge in [0, 0.05) is 43.8 Å². The standard InChI is InChI=1S/C27H29FN6O6/c1-37-21-4-3-16-9-22(21)39-14-24(35)30-12-15-7-17(28)10-18(8-15)40-20-5-6-34(13-19(20)31-26(16)36)23-11-25(38-2)33-27(29)32-23/h3-4,7-11,19-20H,5-6,12-14H2,1-2H3,(H,30,35)(H,31,36)(H2,29,32,33)/t19-,20+/m0/s1. The number of methoxy groups -OCH3 is 2. The van der Waals surface area contributed by atoms with Crippen molar-refractivity contribution in [2.75, 3.05) is 44.5 Å². The fourth-order valence-electron chi connectivity index (χ4n) is 4.66. The third-order valence-corrected chi connectivity index (χ3v) is 6.60. The lowest BCUT2D eigenvalue weighted by Gasteiger charge is -2.39. The Kier molecular flexibility index (Phi) is 7.71. The Morgan fingerprint density at radius 2 is 1.95 bits per heavy atom. The van der Waals surface area contributed by atoms with Crippen LogP contribution in [0.2, 0.25) is 0 Å². The number of carbonyl (C=O) groups is 2. The summed E-state index contributed by atoms with van der Waals surface area (Å²) in [6.07, 6.45) is -0.0381. The third-order valence-electron chi connectivity index (χ3n) is 6.60. The molecule has 2 aliphatic heterocycles. The summed E-state index contributed by atoms with van der Waals surface area (Å²) in [7, 11) is 2.95. The predicted octanol–water partition coefficient (Wildman–Crippen LogP) is 1.68. The molecule has 4 bridgehead atoms. The van der Waals surface area contributed by atoms with Crippen LogP contribution >= 0.6 is 0 Å². The van der Waals surface area contributed by atoms with Crippen LogP contribution in [0.15, 0.2) is 42.5 Å². The van der Waals surface area contributed by atoms with Gasteiger partial charge in [-0.2, -0.15) is 9.97 Å². The Morgan fingerprint density at radius 3 is 2.75 bits per heavy atom. The number of ether oxygens (including phenoxy) is 4. The smallest absolute Gasteiger partial charge is 0.258 e. The van der Waals surface area contributed by atoms with E-state index in [1.165, 1.54) is 32.4 Å². The van der Waals surface area contributed by atoms with Crippen molar-refractivity contribution in [3.8, 4) is 23.1 Å². The number of nitrogens with zero attached hydrogens (tertiary/aromatic N) is 3. The lowest BCUT2D eigenvalue weighted by molar-refractivity contribution is -0.123. The molecular formula is C27H29FN6O6. The van der Waals surface area contributed by atoms with E-state index < -0.39 is 29.8 Å². The molecule has 2 aliphatic rings. The van der Waals surface area contributed by atoms with Crippen molar-refractivity contribution in [1.29, 1.82) is 0 Å². The van der Waals surface area contributed by atoms with Crippen LogP contribution in [0.4, 0.5) is 16.2 Å². The van der Waals surface area contributed by atoms with Crippen LogP contribution in [0, 0.1) is 5.82 Å². The van der Waals surface area contributed by atoms with Crippen molar-refractivity contribution in [3.63, 3.8) is 0 Å².